The van der Waals surface area contributed by atoms with Crippen LogP contribution < -0.4 is 10.9 Å². The molecule has 0 saturated heterocycles. The van der Waals surface area contributed by atoms with E-state index < -0.39 is 34.9 Å². The van der Waals surface area contributed by atoms with E-state index in [1.807, 2.05) is 0 Å². The monoisotopic (exact) mass is 365 g/mol. The van der Waals surface area contributed by atoms with Gasteiger partial charge >= 0.3 is 5.97 Å². The first-order chi connectivity index (χ1) is 11.6. The fourth-order valence-electron chi connectivity index (χ4n) is 2.99. The van der Waals surface area contributed by atoms with Crippen LogP contribution in [-0.4, -0.2) is 37.5 Å². The van der Waals surface area contributed by atoms with E-state index in [0.717, 1.165) is 23.4 Å². The van der Waals surface area contributed by atoms with Gasteiger partial charge in [0.15, 0.2) is 10.5 Å². The molecular formula is C16H19N3O5S. The van der Waals surface area contributed by atoms with E-state index in [4.69, 9.17) is 5.11 Å². The molecule has 1 unspecified atom stereocenters. The summed E-state index contributed by atoms with van der Waals surface area (Å²) in [5.74, 6) is -2.87. The second-order valence-corrected chi connectivity index (χ2v) is 8.14. The number of thiazole rings is 1. The molecule has 0 bridgehead atoms. The molecule has 2 aromatic heterocycles. The summed E-state index contributed by atoms with van der Waals surface area (Å²) < 4.78 is 1.37. The second kappa shape index (κ2) is 5.83. The summed E-state index contributed by atoms with van der Waals surface area (Å²) in [7, 11) is 0. The van der Waals surface area contributed by atoms with Crippen LogP contribution in [0.4, 0.5) is 0 Å². The number of aromatic nitrogens is 2. The third kappa shape index (κ3) is 2.99. The standard InChI is InChI=1S/C16H19N3O5S/c1-7(14(23)24)17-11(20)10-12(21)18-15-19(13(10)22)8-4-5-16(2,3)6-9(8)25-15/h7,21H,4-6H2,1-3H3,(H,17,20)(H,23,24). The molecule has 1 atom stereocenters. The molecule has 0 fully saturated rings. The van der Waals surface area contributed by atoms with Crippen LogP contribution in [0.25, 0.3) is 4.96 Å². The van der Waals surface area contributed by atoms with E-state index in [1.54, 1.807) is 0 Å². The van der Waals surface area contributed by atoms with Crippen molar-refractivity contribution in [3.63, 3.8) is 0 Å². The van der Waals surface area contributed by atoms with Gasteiger partial charge in [-0.1, -0.05) is 13.8 Å². The molecule has 1 aliphatic carbocycles. The van der Waals surface area contributed by atoms with Crippen molar-refractivity contribution in [1.82, 2.24) is 14.7 Å². The molecule has 1 aliphatic rings. The van der Waals surface area contributed by atoms with Gasteiger partial charge in [0.25, 0.3) is 11.5 Å². The number of hydrogen-bond acceptors (Lipinski definition) is 6. The largest absolute Gasteiger partial charge is 0.492 e. The molecule has 3 rings (SSSR count). The Kier molecular flexibility index (Phi) is 4.06. The topological polar surface area (TPSA) is 121 Å². The average Bonchev–Trinajstić information content (AvgIpc) is 2.82. The Morgan fingerprint density at radius 1 is 1.40 bits per heavy atom. The number of nitrogens with zero attached hydrogens (tertiary/aromatic N) is 2. The summed E-state index contributed by atoms with van der Waals surface area (Å²) >= 11 is 1.34. The Morgan fingerprint density at radius 2 is 2.08 bits per heavy atom. The molecule has 2 heterocycles. The molecule has 2 aromatic rings. The molecular weight excluding hydrogens is 346 g/mol. The van der Waals surface area contributed by atoms with Crippen molar-refractivity contribution in [2.45, 2.75) is 46.1 Å². The highest BCUT2D eigenvalue weighted by molar-refractivity contribution is 7.17. The number of fused-ring (bicyclic) bond motifs is 3. The number of nitrogens with one attached hydrogen (secondary N) is 1. The molecule has 0 aromatic carbocycles. The Balaban J connectivity index is 2.12. The van der Waals surface area contributed by atoms with E-state index in [9.17, 15) is 19.5 Å². The summed E-state index contributed by atoms with van der Waals surface area (Å²) in [6.45, 7) is 5.58. The lowest BCUT2D eigenvalue weighted by Crippen LogP contribution is -2.41. The minimum Gasteiger partial charge on any atom is -0.492 e. The predicted octanol–water partition coefficient (Wildman–Crippen LogP) is 1.18. The van der Waals surface area contributed by atoms with Crippen LogP contribution in [0.1, 0.15) is 48.1 Å². The lowest BCUT2D eigenvalue weighted by Gasteiger charge is -2.28. The molecule has 0 aliphatic heterocycles. The molecule has 0 saturated carbocycles. The summed E-state index contributed by atoms with van der Waals surface area (Å²) in [4.78, 5) is 41.3. The molecule has 9 heteroatoms. The van der Waals surface area contributed by atoms with Gasteiger partial charge in [-0.2, -0.15) is 4.98 Å². The number of carbonyl (C=O) groups is 2. The van der Waals surface area contributed by atoms with Crippen molar-refractivity contribution in [2.24, 2.45) is 5.41 Å². The summed E-state index contributed by atoms with van der Waals surface area (Å²) in [5, 5.41) is 21.1. The maximum atomic E-state index is 12.8. The number of aliphatic carboxylic acids is 1. The summed E-state index contributed by atoms with van der Waals surface area (Å²) in [5.41, 5.74) is -0.264. The van der Waals surface area contributed by atoms with Crippen LogP contribution in [0.2, 0.25) is 0 Å². The number of carboxylic acid groups (broad SMARTS) is 1. The fourth-order valence-corrected chi connectivity index (χ4v) is 4.40. The number of hydrogen-bond donors (Lipinski definition) is 3. The quantitative estimate of drug-likeness (QED) is 0.751. The molecule has 25 heavy (non-hydrogen) atoms. The highest BCUT2D eigenvalue weighted by Gasteiger charge is 2.31. The van der Waals surface area contributed by atoms with Crippen molar-refractivity contribution < 1.29 is 19.8 Å². The average molecular weight is 365 g/mol. The molecule has 3 N–H and O–H groups in total. The van der Waals surface area contributed by atoms with Crippen molar-refractivity contribution in [3.8, 4) is 5.88 Å². The normalized spacial score (nSPS) is 17.1. The summed E-state index contributed by atoms with van der Waals surface area (Å²) in [6.07, 6.45) is 2.38. The molecule has 8 nitrogen and oxygen atoms in total. The van der Waals surface area contributed by atoms with Crippen LogP contribution in [-0.2, 0) is 17.6 Å². The van der Waals surface area contributed by atoms with Crippen LogP contribution in [0, 0.1) is 5.41 Å². The van der Waals surface area contributed by atoms with Gasteiger partial charge in [-0.3, -0.25) is 18.8 Å². The Labute approximate surface area is 147 Å². The van der Waals surface area contributed by atoms with Crippen molar-refractivity contribution in [3.05, 3.63) is 26.5 Å². The molecule has 134 valence electrons. The van der Waals surface area contributed by atoms with Crippen molar-refractivity contribution in [1.29, 1.82) is 0 Å². The zero-order valence-corrected chi connectivity index (χ0v) is 14.9. The maximum Gasteiger partial charge on any atom is 0.325 e. The first kappa shape index (κ1) is 17.4. The predicted molar refractivity (Wildman–Crippen MR) is 91.4 cm³/mol. The minimum absolute atomic E-state index is 0.122. The third-order valence-electron chi connectivity index (χ3n) is 4.46. The van der Waals surface area contributed by atoms with Gasteiger partial charge < -0.3 is 15.5 Å². The lowest BCUT2D eigenvalue weighted by molar-refractivity contribution is -0.138. The summed E-state index contributed by atoms with van der Waals surface area (Å²) in [6, 6.07) is -1.19. The Hall–Kier alpha value is -2.42. The number of amides is 1. The third-order valence-corrected chi connectivity index (χ3v) is 5.55. The highest BCUT2D eigenvalue weighted by atomic mass is 32.1. The van der Waals surface area contributed by atoms with Gasteiger partial charge in [-0.25, -0.2) is 0 Å². The molecule has 0 radical (unpaired) electrons. The molecule has 1 amide bonds. The van der Waals surface area contributed by atoms with E-state index in [1.165, 1.54) is 22.7 Å². The van der Waals surface area contributed by atoms with Gasteiger partial charge in [-0.15, -0.1) is 11.3 Å². The number of carbonyl (C=O) groups excluding carboxylic acids is 1. The first-order valence-electron chi connectivity index (χ1n) is 7.90. The zero-order chi connectivity index (χ0) is 18.5. The van der Waals surface area contributed by atoms with Crippen molar-refractivity contribution >= 4 is 28.2 Å². The fraction of sp³-hybridized carbons (Fsp3) is 0.500. The number of aryl methyl sites for hydroxylation is 1. The zero-order valence-electron chi connectivity index (χ0n) is 14.1. The van der Waals surface area contributed by atoms with E-state index in [2.05, 4.69) is 24.1 Å². The van der Waals surface area contributed by atoms with Gasteiger partial charge in [0.05, 0.1) is 0 Å². The van der Waals surface area contributed by atoms with Crippen LogP contribution in [0.15, 0.2) is 4.79 Å². The first-order valence-corrected chi connectivity index (χ1v) is 8.72. The van der Waals surface area contributed by atoms with E-state index >= 15 is 0 Å². The number of carboxylic acids is 1. The van der Waals surface area contributed by atoms with Gasteiger partial charge in [-0.05, 0) is 31.6 Å². The van der Waals surface area contributed by atoms with Gasteiger partial charge in [0, 0.05) is 10.6 Å². The molecule has 0 spiro atoms. The second-order valence-electron chi connectivity index (χ2n) is 7.08. The van der Waals surface area contributed by atoms with E-state index in [0.29, 0.717) is 11.4 Å². The number of aromatic hydroxyl groups is 1. The van der Waals surface area contributed by atoms with Crippen LogP contribution in [0.3, 0.4) is 0 Å². The van der Waals surface area contributed by atoms with Gasteiger partial charge in [0.1, 0.15) is 6.04 Å². The minimum atomic E-state index is -1.24. The van der Waals surface area contributed by atoms with Crippen molar-refractivity contribution in [2.75, 3.05) is 0 Å². The highest BCUT2D eigenvalue weighted by Crippen LogP contribution is 2.38. The van der Waals surface area contributed by atoms with Gasteiger partial charge in [0.2, 0.25) is 5.88 Å². The maximum absolute atomic E-state index is 12.8. The SMILES string of the molecule is CC(NC(=O)c1c(O)nc2sc3c(n2c1=O)CCC(C)(C)C3)C(=O)O. The smallest absolute Gasteiger partial charge is 0.325 e. The van der Waals surface area contributed by atoms with Crippen LogP contribution in [0.5, 0.6) is 5.88 Å². The lowest BCUT2D eigenvalue weighted by atomic mass is 9.79. The van der Waals surface area contributed by atoms with E-state index in [-0.39, 0.29) is 5.41 Å². The Morgan fingerprint density at radius 3 is 2.72 bits per heavy atom. The number of rotatable bonds is 3. The Bertz CT molecular complexity index is 943. The van der Waals surface area contributed by atoms with Crippen LogP contribution >= 0.6 is 11.3 Å².